The number of carbonyl (C=O) groups excluding carboxylic acids is 1. The Kier molecular flexibility index (Phi) is 6.09. The highest BCUT2D eigenvalue weighted by atomic mass is 16.6. The molecule has 3 aromatic rings. The van der Waals surface area contributed by atoms with E-state index in [1.807, 2.05) is 26.8 Å². The monoisotopic (exact) mass is 437 g/mol. The van der Waals surface area contributed by atoms with Crippen molar-refractivity contribution in [2.24, 2.45) is 0 Å². The molecule has 1 fully saturated rings. The lowest BCUT2D eigenvalue weighted by Crippen LogP contribution is -2.49. The number of hydrogen-bond acceptors (Lipinski definition) is 8. The van der Waals surface area contributed by atoms with Gasteiger partial charge in [0.2, 0.25) is 0 Å². The predicted molar refractivity (Wildman–Crippen MR) is 120 cm³/mol. The van der Waals surface area contributed by atoms with Gasteiger partial charge in [-0.1, -0.05) is 0 Å². The number of aromatic hydroxyl groups is 1. The van der Waals surface area contributed by atoms with Crippen molar-refractivity contribution in [3.8, 4) is 17.0 Å². The van der Waals surface area contributed by atoms with Crippen molar-refractivity contribution >= 4 is 22.9 Å². The quantitative estimate of drug-likeness (QED) is 0.639. The Labute approximate surface area is 186 Å². The highest BCUT2D eigenvalue weighted by Crippen LogP contribution is 2.26. The van der Waals surface area contributed by atoms with Gasteiger partial charge in [0.15, 0.2) is 5.82 Å². The number of benzene rings is 1. The zero-order valence-electron chi connectivity index (χ0n) is 18.4. The molecule has 1 atom stereocenters. The van der Waals surface area contributed by atoms with Crippen LogP contribution >= 0.6 is 0 Å². The molecule has 2 aromatic heterocycles. The maximum Gasteiger partial charge on any atom is 0.410 e. The molecule has 9 heteroatoms. The molecule has 9 nitrogen and oxygen atoms in total. The summed E-state index contributed by atoms with van der Waals surface area (Å²) >= 11 is 0. The van der Waals surface area contributed by atoms with Crippen molar-refractivity contribution in [3.63, 3.8) is 0 Å². The molecule has 1 amide bonds. The van der Waals surface area contributed by atoms with E-state index in [1.165, 1.54) is 0 Å². The molecule has 4 rings (SSSR count). The van der Waals surface area contributed by atoms with E-state index in [9.17, 15) is 9.90 Å². The predicted octanol–water partition coefficient (Wildman–Crippen LogP) is 3.45. The van der Waals surface area contributed by atoms with Gasteiger partial charge in [-0.2, -0.15) is 0 Å². The topological polar surface area (TPSA) is 110 Å². The standard InChI is InChI=1S/C23H27N5O4/c1-23(2,3)32-22(30)28-10-11-31-17(14-28)13-26-21-20-19(24-8-9-25-20)12-18(27-21)15-4-6-16(29)7-5-15/h4-9,12,17,29H,10-11,13-14H2,1-3H3,(H,26,27)/t17-/m1/s1. The summed E-state index contributed by atoms with van der Waals surface area (Å²) in [5, 5.41) is 12.9. The van der Waals surface area contributed by atoms with Gasteiger partial charge in [0.25, 0.3) is 0 Å². The first kappa shape index (κ1) is 21.8. The van der Waals surface area contributed by atoms with Crippen molar-refractivity contribution < 1.29 is 19.4 Å². The van der Waals surface area contributed by atoms with Crippen LogP contribution in [-0.4, -0.2) is 69.0 Å². The summed E-state index contributed by atoms with van der Waals surface area (Å²) in [5.41, 5.74) is 2.37. The lowest BCUT2D eigenvalue weighted by Gasteiger charge is -2.34. The molecule has 0 radical (unpaired) electrons. The van der Waals surface area contributed by atoms with Crippen LogP contribution in [0.3, 0.4) is 0 Å². The molecule has 0 unspecified atom stereocenters. The minimum atomic E-state index is -0.542. The Hall–Kier alpha value is -3.46. The summed E-state index contributed by atoms with van der Waals surface area (Å²) in [6, 6.07) is 8.69. The molecule has 0 bridgehead atoms. The molecule has 168 valence electrons. The summed E-state index contributed by atoms with van der Waals surface area (Å²) in [7, 11) is 0. The third-order valence-electron chi connectivity index (χ3n) is 4.91. The van der Waals surface area contributed by atoms with E-state index in [0.29, 0.717) is 48.8 Å². The van der Waals surface area contributed by atoms with E-state index < -0.39 is 5.60 Å². The van der Waals surface area contributed by atoms with Gasteiger partial charge < -0.3 is 24.8 Å². The molecule has 0 saturated carbocycles. The van der Waals surface area contributed by atoms with Gasteiger partial charge in [-0.15, -0.1) is 0 Å². The molecule has 1 saturated heterocycles. The molecular weight excluding hydrogens is 410 g/mol. The van der Waals surface area contributed by atoms with Crippen LogP contribution in [0.4, 0.5) is 10.6 Å². The van der Waals surface area contributed by atoms with E-state index in [4.69, 9.17) is 14.5 Å². The number of anilines is 1. The highest BCUT2D eigenvalue weighted by Gasteiger charge is 2.28. The van der Waals surface area contributed by atoms with Gasteiger partial charge in [0.1, 0.15) is 16.9 Å². The van der Waals surface area contributed by atoms with Crippen molar-refractivity contribution in [1.29, 1.82) is 0 Å². The summed E-state index contributed by atoms with van der Waals surface area (Å²) in [4.78, 5) is 27.7. The largest absolute Gasteiger partial charge is 0.508 e. The Bertz CT molecular complexity index is 1100. The molecular formula is C23H27N5O4. The molecule has 1 aliphatic rings. The number of phenols is 1. The summed E-state index contributed by atoms with van der Waals surface area (Å²) in [5.74, 6) is 0.772. The number of ether oxygens (including phenoxy) is 2. The number of aromatic nitrogens is 3. The number of carbonyl (C=O) groups is 1. The SMILES string of the molecule is CC(C)(C)OC(=O)N1CCO[C@H](CNc2nc(-c3ccc(O)cc3)cc3nccnc23)C1. The Morgan fingerprint density at radius 1 is 1.25 bits per heavy atom. The van der Waals surface area contributed by atoms with Crippen LogP contribution in [0.1, 0.15) is 20.8 Å². The minimum absolute atomic E-state index is 0.191. The fourth-order valence-electron chi connectivity index (χ4n) is 3.42. The molecule has 3 heterocycles. The number of amides is 1. The number of rotatable bonds is 4. The third-order valence-corrected chi connectivity index (χ3v) is 4.91. The number of hydrogen-bond donors (Lipinski definition) is 2. The second kappa shape index (κ2) is 8.96. The van der Waals surface area contributed by atoms with Crippen LogP contribution in [0.15, 0.2) is 42.7 Å². The number of phenolic OH excluding ortho intramolecular Hbond substituents is 1. The Morgan fingerprint density at radius 2 is 2.00 bits per heavy atom. The second-order valence-electron chi connectivity index (χ2n) is 8.63. The van der Waals surface area contributed by atoms with Crippen LogP contribution < -0.4 is 5.32 Å². The maximum atomic E-state index is 12.4. The average Bonchev–Trinajstić information content (AvgIpc) is 2.77. The average molecular weight is 438 g/mol. The number of nitrogens with zero attached hydrogens (tertiary/aromatic N) is 4. The number of nitrogens with one attached hydrogen (secondary N) is 1. The fraction of sp³-hybridized carbons (Fsp3) is 0.391. The molecule has 0 spiro atoms. The highest BCUT2D eigenvalue weighted by molar-refractivity contribution is 5.88. The summed E-state index contributed by atoms with van der Waals surface area (Å²) in [6.45, 7) is 7.34. The van der Waals surface area contributed by atoms with Gasteiger partial charge in [0.05, 0.1) is 30.5 Å². The van der Waals surface area contributed by atoms with Crippen molar-refractivity contribution in [2.45, 2.75) is 32.5 Å². The second-order valence-corrected chi connectivity index (χ2v) is 8.63. The van der Waals surface area contributed by atoms with E-state index >= 15 is 0 Å². The van der Waals surface area contributed by atoms with Crippen molar-refractivity contribution in [1.82, 2.24) is 19.9 Å². The molecule has 1 aliphatic heterocycles. The van der Waals surface area contributed by atoms with Gasteiger partial charge in [-0.25, -0.2) is 14.8 Å². The number of fused-ring (bicyclic) bond motifs is 1. The maximum absolute atomic E-state index is 12.4. The van der Waals surface area contributed by atoms with Crippen LogP contribution in [0.2, 0.25) is 0 Å². The van der Waals surface area contributed by atoms with E-state index in [1.54, 1.807) is 41.6 Å². The first-order chi connectivity index (χ1) is 15.3. The fourth-order valence-corrected chi connectivity index (χ4v) is 3.42. The summed E-state index contributed by atoms with van der Waals surface area (Å²) in [6.07, 6.45) is 2.70. The van der Waals surface area contributed by atoms with Crippen LogP contribution in [0.5, 0.6) is 5.75 Å². The van der Waals surface area contributed by atoms with Gasteiger partial charge >= 0.3 is 6.09 Å². The first-order valence-corrected chi connectivity index (χ1v) is 10.5. The van der Waals surface area contributed by atoms with Gasteiger partial charge in [-0.3, -0.25) is 4.98 Å². The first-order valence-electron chi connectivity index (χ1n) is 10.5. The van der Waals surface area contributed by atoms with Crippen LogP contribution in [0, 0.1) is 0 Å². The zero-order chi connectivity index (χ0) is 22.7. The van der Waals surface area contributed by atoms with Crippen molar-refractivity contribution in [3.05, 3.63) is 42.7 Å². The molecule has 0 aliphatic carbocycles. The normalized spacial score (nSPS) is 16.7. The lowest BCUT2D eigenvalue weighted by molar-refractivity contribution is -0.0371. The number of morpholine rings is 1. The van der Waals surface area contributed by atoms with E-state index in [-0.39, 0.29) is 17.9 Å². The van der Waals surface area contributed by atoms with E-state index in [2.05, 4.69) is 15.3 Å². The number of pyridine rings is 1. The van der Waals surface area contributed by atoms with Crippen LogP contribution in [-0.2, 0) is 9.47 Å². The minimum Gasteiger partial charge on any atom is -0.508 e. The van der Waals surface area contributed by atoms with Gasteiger partial charge in [0, 0.05) is 31.0 Å². The Balaban J connectivity index is 1.51. The third kappa shape index (κ3) is 5.23. The molecule has 32 heavy (non-hydrogen) atoms. The lowest BCUT2D eigenvalue weighted by atomic mass is 10.1. The van der Waals surface area contributed by atoms with Gasteiger partial charge in [-0.05, 0) is 51.1 Å². The summed E-state index contributed by atoms with van der Waals surface area (Å²) < 4.78 is 11.3. The molecule has 1 aromatic carbocycles. The smallest absolute Gasteiger partial charge is 0.410 e. The molecule has 2 N–H and O–H groups in total. The van der Waals surface area contributed by atoms with Crippen LogP contribution in [0.25, 0.3) is 22.3 Å². The Morgan fingerprint density at radius 3 is 2.75 bits per heavy atom. The van der Waals surface area contributed by atoms with Crippen molar-refractivity contribution in [2.75, 3.05) is 31.6 Å². The zero-order valence-corrected chi connectivity index (χ0v) is 18.4. The van der Waals surface area contributed by atoms with E-state index in [0.717, 1.165) is 5.56 Å².